The van der Waals surface area contributed by atoms with Crippen LogP contribution in [0.5, 0.6) is 0 Å². The third kappa shape index (κ3) is 22.6. The SMILES string of the molecule is [Ca].[Cu].[K].[Mg].[Na].[Zn]. The van der Waals surface area contributed by atoms with Gasteiger partial charge in [0.1, 0.15) is 0 Å². The summed E-state index contributed by atoms with van der Waals surface area (Å²) in [4.78, 5) is 0. The Balaban J connectivity index is 0. The van der Waals surface area contributed by atoms with Gasteiger partial charge in [-0.25, -0.2) is 0 Å². The minimum Gasteiger partial charge on any atom is 0 e. The van der Waals surface area contributed by atoms with Crippen molar-refractivity contribution < 1.29 is 36.5 Å². The fourth-order valence-electron chi connectivity index (χ4n) is 0. The van der Waals surface area contributed by atoms with Crippen molar-refractivity contribution in [2.24, 2.45) is 0 Å². The molecular formula is CaCuKMgNaZn. The van der Waals surface area contributed by atoms with Gasteiger partial charge in [-0.3, -0.25) is 0 Å². The second kappa shape index (κ2) is 30.8. The monoisotopic (exact) mass is 253 g/mol. The van der Waals surface area contributed by atoms with Crippen molar-refractivity contribution in [2.45, 2.75) is 0 Å². The molecular weight excluding hydrogens is 255 g/mol. The van der Waals surface area contributed by atoms with Crippen LogP contribution < -0.4 is 0 Å². The number of rotatable bonds is 0. The molecule has 0 saturated heterocycles. The predicted octanol–water partition coefficient (Wildman–Crippen LogP) is -1.53. The minimum atomic E-state index is 0. The first-order valence-corrected chi connectivity index (χ1v) is 0. The molecule has 0 aliphatic carbocycles. The van der Waals surface area contributed by atoms with Crippen LogP contribution >= 0.6 is 0 Å². The van der Waals surface area contributed by atoms with Gasteiger partial charge in [0.2, 0.25) is 0 Å². The topological polar surface area (TPSA) is 0 Å². The van der Waals surface area contributed by atoms with Gasteiger partial charge in [0.05, 0.1) is 0 Å². The molecule has 0 heterocycles. The van der Waals surface area contributed by atoms with Crippen molar-refractivity contribution in [3.63, 3.8) is 0 Å². The molecule has 6 heteroatoms. The Bertz CT molecular complexity index is 15.5. The zero-order valence-electron chi connectivity index (χ0n) is 4.42. The van der Waals surface area contributed by atoms with Gasteiger partial charge in [0.25, 0.3) is 0 Å². The Kier molecular flexibility index (Phi) is 210. The molecule has 0 saturated carbocycles. The van der Waals surface area contributed by atoms with Crippen LogP contribution in [0.25, 0.3) is 0 Å². The van der Waals surface area contributed by atoms with E-state index in [1.807, 2.05) is 0 Å². The second-order valence-corrected chi connectivity index (χ2v) is 0. The summed E-state index contributed by atoms with van der Waals surface area (Å²) in [6.45, 7) is 0. The second-order valence-electron chi connectivity index (χ2n) is 0. The third-order valence-corrected chi connectivity index (χ3v) is 0. The van der Waals surface area contributed by atoms with Crippen LogP contribution in [0.1, 0.15) is 0 Å². The molecule has 0 aliphatic rings. The molecule has 0 aliphatic heterocycles. The standard InChI is InChI=1S/Ca.Cu.K.Mg.Na.Zn. The van der Waals surface area contributed by atoms with Crippen LogP contribution in [0, 0.1) is 0 Å². The van der Waals surface area contributed by atoms with E-state index < -0.39 is 0 Å². The van der Waals surface area contributed by atoms with Gasteiger partial charge in [-0.05, 0) is 0 Å². The quantitative estimate of drug-likeness (QED) is 0.461. The Morgan fingerprint density at radius 2 is 1.00 bits per heavy atom. The van der Waals surface area contributed by atoms with Crippen molar-refractivity contribution in [3.05, 3.63) is 0 Å². The molecule has 7 radical (unpaired) electrons. The van der Waals surface area contributed by atoms with Crippen LogP contribution in [0.3, 0.4) is 0 Å². The normalized spacial score (nSPS) is 0. The van der Waals surface area contributed by atoms with E-state index >= 15 is 0 Å². The molecule has 0 bridgehead atoms. The van der Waals surface area contributed by atoms with Gasteiger partial charge in [-0.15, -0.1) is 0 Å². The summed E-state index contributed by atoms with van der Waals surface area (Å²) in [5.74, 6) is 0. The van der Waals surface area contributed by atoms with Gasteiger partial charge in [0.15, 0.2) is 0 Å². The average molecular weight is 255 g/mol. The fourth-order valence-corrected chi connectivity index (χ4v) is 0. The summed E-state index contributed by atoms with van der Waals surface area (Å²) in [6, 6.07) is 0. The van der Waals surface area contributed by atoms with Crippen molar-refractivity contribution >= 4 is 142 Å². The summed E-state index contributed by atoms with van der Waals surface area (Å²) < 4.78 is 0. The van der Waals surface area contributed by atoms with Crippen molar-refractivity contribution in [2.75, 3.05) is 0 Å². The van der Waals surface area contributed by atoms with Crippen LogP contribution in [-0.4, -0.2) is 142 Å². The number of hydrogen-bond donors (Lipinski definition) is 0. The van der Waals surface area contributed by atoms with Gasteiger partial charge in [-0.1, -0.05) is 0 Å². The molecule has 0 amide bonds. The molecule has 0 N–H and O–H groups in total. The summed E-state index contributed by atoms with van der Waals surface area (Å²) >= 11 is 0. The van der Waals surface area contributed by atoms with E-state index in [9.17, 15) is 0 Å². The molecule has 0 aromatic rings. The Morgan fingerprint density at radius 1 is 1.00 bits per heavy atom. The predicted molar refractivity (Wildman–Crippen MR) is 23.0 cm³/mol. The van der Waals surface area contributed by atoms with E-state index in [4.69, 9.17) is 0 Å². The maximum Gasteiger partial charge on any atom is 0 e. The smallest absolute Gasteiger partial charge is 0 e. The van der Waals surface area contributed by atoms with E-state index in [1.165, 1.54) is 0 Å². The fraction of sp³-hybridized carbons (Fsp3) is 0. The summed E-state index contributed by atoms with van der Waals surface area (Å²) in [7, 11) is 0. The summed E-state index contributed by atoms with van der Waals surface area (Å²) in [5.41, 5.74) is 0. The molecule has 0 aromatic heterocycles. The van der Waals surface area contributed by atoms with E-state index in [1.54, 1.807) is 0 Å². The van der Waals surface area contributed by atoms with Crippen LogP contribution in [0.2, 0.25) is 0 Å². The van der Waals surface area contributed by atoms with Gasteiger partial charge in [0, 0.05) is 178 Å². The zero-order chi connectivity index (χ0) is 0. The molecule has 0 fully saturated rings. The van der Waals surface area contributed by atoms with Crippen LogP contribution in [0.15, 0.2) is 0 Å². The van der Waals surface area contributed by atoms with Crippen LogP contribution in [-0.2, 0) is 36.5 Å². The van der Waals surface area contributed by atoms with Gasteiger partial charge >= 0.3 is 0 Å². The van der Waals surface area contributed by atoms with Crippen molar-refractivity contribution in [1.29, 1.82) is 0 Å². The Labute approximate surface area is 173 Å². The molecule has 0 rings (SSSR count). The largest absolute Gasteiger partial charge is 0 e. The van der Waals surface area contributed by atoms with Gasteiger partial charge < -0.3 is 0 Å². The van der Waals surface area contributed by atoms with E-state index in [2.05, 4.69) is 0 Å². The molecule has 19 valence electrons. The third-order valence-electron chi connectivity index (χ3n) is 0. The minimum absolute atomic E-state index is 0. The molecule has 0 spiro atoms. The first kappa shape index (κ1) is 40.9. The Hall–Kier alpha value is 5.81. The first-order chi connectivity index (χ1) is 0. The maximum atomic E-state index is 0. The van der Waals surface area contributed by atoms with Crippen molar-refractivity contribution in [1.82, 2.24) is 0 Å². The first-order valence-electron chi connectivity index (χ1n) is 0. The number of hydrogen-bond acceptors (Lipinski definition) is 0. The van der Waals surface area contributed by atoms with E-state index in [-0.39, 0.29) is 178 Å². The molecule has 0 atom stereocenters. The Morgan fingerprint density at radius 3 is 1.00 bits per heavy atom. The maximum absolute atomic E-state index is 0. The van der Waals surface area contributed by atoms with Crippen LogP contribution in [0.4, 0.5) is 0 Å². The molecule has 0 aromatic carbocycles. The van der Waals surface area contributed by atoms with Crippen molar-refractivity contribution in [3.8, 4) is 0 Å². The van der Waals surface area contributed by atoms with E-state index in [0.717, 1.165) is 0 Å². The van der Waals surface area contributed by atoms with Gasteiger partial charge in [-0.2, -0.15) is 0 Å². The summed E-state index contributed by atoms with van der Waals surface area (Å²) in [6.07, 6.45) is 0. The molecule has 6 heavy (non-hydrogen) atoms. The zero-order valence-corrected chi connectivity index (χ0v) is 17.1. The summed E-state index contributed by atoms with van der Waals surface area (Å²) in [5, 5.41) is 0. The average Bonchev–Trinajstić information content (AvgIpc) is 0. The molecule has 0 nitrogen and oxygen atoms in total. The van der Waals surface area contributed by atoms with E-state index in [0.29, 0.717) is 0 Å². The molecule has 0 unspecified atom stereocenters.